The summed E-state index contributed by atoms with van der Waals surface area (Å²) in [6.45, 7) is 2.39. The van der Waals surface area contributed by atoms with Crippen LogP contribution < -0.4 is 5.43 Å². The van der Waals surface area contributed by atoms with Crippen LogP contribution in [0, 0.1) is 10.1 Å². The molecule has 0 bridgehead atoms. The molecule has 0 spiro atoms. The fourth-order valence-corrected chi connectivity index (χ4v) is 4.09. The van der Waals surface area contributed by atoms with Gasteiger partial charge < -0.3 is 4.57 Å². The number of hydrogen-bond acceptors (Lipinski definition) is 6. The molecule has 0 aliphatic carbocycles. The zero-order chi connectivity index (χ0) is 23.2. The van der Waals surface area contributed by atoms with Crippen LogP contribution in [0.4, 0.5) is 5.69 Å². The number of para-hydroxylation sites is 2. The standard InChI is InChI=1S/C24H21N5O3S/c1-17(19-11-13-20(14-12-19)29(31)32)26-27-23(30)16-33-24-25-21-9-5-6-10-22(21)28(24)15-18-7-3-2-4-8-18/h2-14H,15-16H2,1H3,(H,27,30)/b26-17+. The molecule has 166 valence electrons. The SMILES string of the molecule is C/C(=N\NC(=O)CSc1nc2ccccc2n1Cc1ccccc1)c1ccc([N+](=O)[O-])cc1. The van der Waals surface area contributed by atoms with Crippen molar-refractivity contribution in [1.82, 2.24) is 15.0 Å². The van der Waals surface area contributed by atoms with E-state index in [0.29, 0.717) is 17.8 Å². The van der Waals surface area contributed by atoms with Gasteiger partial charge in [0.1, 0.15) is 0 Å². The molecule has 4 rings (SSSR count). The molecule has 0 fully saturated rings. The van der Waals surface area contributed by atoms with E-state index in [1.54, 1.807) is 19.1 Å². The van der Waals surface area contributed by atoms with E-state index in [-0.39, 0.29) is 17.3 Å². The van der Waals surface area contributed by atoms with Crippen molar-refractivity contribution in [2.75, 3.05) is 5.75 Å². The normalized spacial score (nSPS) is 11.5. The summed E-state index contributed by atoms with van der Waals surface area (Å²) in [5.41, 5.74) is 6.84. The second-order valence-electron chi connectivity index (χ2n) is 7.28. The lowest BCUT2D eigenvalue weighted by Gasteiger charge is -2.09. The molecular weight excluding hydrogens is 438 g/mol. The topological polar surface area (TPSA) is 102 Å². The number of non-ortho nitro benzene ring substituents is 1. The average Bonchev–Trinajstić information content (AvgIpc) is 3.19. The van der Waals surface area contributed by atoms with Crippen molar-refractivity contribution in [3.8, 4) is 0 Å². The number of hydrazone groups is 1. The third-order valence-electron chi connectivity index (χ3n) is 4.98. The van der Waals surface area contributed by atoms with Crippen LogP contribution in [0.15, 0.2) is 89.1 Å². The quantitative estimate of drug-likeness (QED) is 0.179. The lowest BCUT2D eigenvalue weighted by Crippen LogP contribution is -2.21. The molecule has 9 heteroatoms. The van der Waals surface area contributed by atoms with Gasteiger partial charge in [0, 0.05) is 12.1 Å². The van der Waals surface area contributed by atoms with Crippen LogP contribution in [-0.4, -0.2) is 31.8 Å². The van der Waals surface area contributed by atoms with Crippen molar-refractivity contribution in [3.05, 3.63) is 100 Å². The lowest BCUT2D eigenvalue weighted by molar-refractivity contribution is -0.384. The van der Waals surface area contributed by atoms with Crippen LogP contribution >= 0.6 is 11.8 Å². The van der Waals surface area contributed by atoms with Gasteiger partial charge in [-0.25, -0.2) is 10.4 Å². The zero-order valence-electron chi connectivity index (χ0n) is 17.8. The number of imidazole rings is 1. The van der Waals surface area contributed by atoms with Crippen LogP contribution in [0.25, 0.3) is 11.0 Å². The first-order valence-electron chi connectivity index (χ1n) is 10.2. The van der Waals surface area contributed by atoms with Gasteiger partial charge in [0.25, 0.3) is 11.6 Å². The van der Waals surface area contributed by atoms with E-state index >= 15 is 0 Å². The highest BCUT2D eigenvalue weighted by Crippen LogP contribution is 2.25. The Morgan fingerprint density at radius 1 is 1.06 bits per heavy atom. The van der Waals surface area contributed by atoms with Crippen molar-refractivity contribution >= 4 is 40.1 Å². The van der Waals surface area contributed by atoms with Crippen LogP contribution in [-0.2, 0) is 11.3 Å². The zero-order valence-corrected chi connectivity index (χ0v) is 18.7. The summed E-state index contributed by atoms with van der Waals surface area (Å²) < 4.78 is 2.11. The highest BCUT2D eigenvalue weighted by atomic mass is 32.2. The maximum absolute atomic E-state index is 12.4. The van der Waals surface area contributed by atoms with Crippen molar-refractivity contribution < 1.29 is 9.72 Å². The first-order valence-corrected chi connectivity index (χ1v) is 11.2. The van der Waals surface area contributed by atoms with E-state index in [1.165, 1.54) is 23.9 Å². The molecule has 1 N–H and O–H groups in total. The second-order valence-corrected chi connectivity index (χ2v) is 8.22. The summed E-state index contributed by atoms with van der Waals surface area (Å²) >= 11 is 1.35. The predicted octanol–water partition coefficient (Wildman–Crippen LogP) is 4.63. The van der Waals surface area contributed by atoms with Crippen molar-refractivity contribution in [2.45, 2.75) is 18.6 Å². The molecule has 0 saturated heterocycles. The molecule has 0 aliphatic heterocycles. The predicted molar refractivity (Wildman–Crippen MR) is 129 cm³/mol. The average molecular weight is 460 g/mol. The maximum Gasteiger partial charge on any atom is 0.269 e. The molecule has 4 aromatic rings. The number of nitro groups is 1. The largest absolute Gasteiger partial charge is 0.314 e. The Morgan fingerprint density at radius 2 is 1.76 bits per heavy atom. The van der Waals surface area contributed by atoms with Gasteiger partial charge in [-0.05, 0) is 42.3 Å². The van der Waals surface area contributed by atoms with E-state index in [0.717, 1.165) is 21.8 Å². The summed E-state index contributed by atoms with van der Waals surface area (Å²) in [5, 5.41) is 15.7. The van der Waals surface area contributed by atoms with E-state index < -0.39 is 4.92 Å². The number of hydrogen-bond donors (Lipinski definition) is 1. The Labute approximate surface area is 194 Å². The number of nitro benzene ring substituents is 1. The number of fused-ring (bicyclic) bond motifs is 1. The first kappa shape index (κ1) is 22.2. The molecule has 1 aromatic heterocycles. The minimum atomic E-state index is -0.458. The lowest BCUT2D eigenvalue weighted by atomic mass is 10.1. The van der Waals surface area contributed by atoms with Crippen LogP contribution in [0.5, 0.6) is 0 Å². The fraction of sp³-hybridized carbons (Fsp3) is 0.125. The van der Waals surface area contributed by atoms with E-state index in [2.05, 4.69) is 27.2 Å². The van der Waals surface area contributed by atoms with E-state index in [9.17, 15) is 14.9 Å². The molecule has 1 heterocycles. The van der Waals surface area contributed by atoms with E-state index in [4.69, 9.17) is 4.98 Å². The Morgan fingerprint density at radius 3 is 2.48 bits per heavy atom. The number of aromatic nitrogens is 2. The van der Waals surface area contributed by atoms with Gasteiger partial charge in [-0.3, -0.25) is 14.9 Å². The van der Waals surface area contributed by atoms with Gasteiger partial charge in [0.05, 0.1) is 34.0 Å². The van der Waals surface area contributed by atoms with Crippen molar-refractivity contribution in [1.29, 1.82) is 0 Å². The summed E-state index contributed by atoms with van der Waals surface area (Å²) in [6, 6.07) is 24.0. The summed E-state index contributed by atoms with van der Waals surface area (Å²) in [7, 11) is 0. The number of thioether (sulfide) groups is 1. The smallest absolute Gasteiger partial charge is 0.269 e. The molecule has 0 radical (unpaired) electrons. The number of carbonyl (C=O) groups is 1. The molecule has 0 unspecified atom stereocenters. The number of amides is 1. The number of carbonyl (C=O) groups excluding carboxylic acids is 1. The Balaban J connectivity index is 1.43. The van der Waals surface area contributed by atoms with Gasteiger partial charge in [0.2, 0.25) is 0 Å². The number of rotatable bonds is 8. The number of nitrogens with zero attached hydrogens (tertiary/aromatic N) is 4. The van der Waals surface area contributed by atoms with Crippen LogP contribution in [0.1, 0.15) is 18.1 Å². The molecule has 33 heavy (non-hydrogen) atoms. The number of nitrogens with one attached hydrogen (secondary N) is 1. The molecule has 1 amide bonds. The molecular formula is C24H21N5O3S. The van der Waals surface area contributed by atoms with Gasteiger partial charge in [-0.2, -0.15) is 5.10 Å². The minimum absolute atomic E-state index is 0.00498. The van der Waals surface area contributed by atoms with Gasteiger partial charge in [0.15, 0.2) is 5.16 Å². The van der Waals surface area contributed by atoms with Gasteiger partial charge in [-0.1, -0.05) is 54.2 Å². The third kappa shape index (κ3) is 5.45. The number of benzene rings is 3. The first-order chi connectivity index (χ1) is 16.0. The molecule has 8 nitrogen and oxygen atoms in total. The van der Waals surface area contributed by atoms with Crippen molar-refractivity contribution in [3.63, 3.8) is 0 Å². The molecule has 0 atom stereocenters. The van der Waals surface area contributed by atoms with Crippen molar-refractivity contribution in [2.24, 2.45) is 5.10 Å². The summed E-state index contributed by atoms with van der Waals surface area (Å²) in [5.74, 6) is -0.116. The monoisotopic (exact) mass is 459 g/mol. The molecule has 3 aromatic carbocycles. The van der Waals surface area contributed by atoms with Crippen LogP contribution in [0.2, 0.25) is 0 Å². The highest BCUT2D eigenvalue weighted by Gasteiger charge is 2.13. The van der Waals surface area contributed by atoms with Gasteiger partial charge in [-0.15, -0.1) is 0 Å². The minimum Gasteiger partial charge on any atom is -0.314 e. The maximum atomic E-state index is 12.4. The summed E-state index contributed by atoms with van der Waals surface area (Å²) in [4.78, 5) is 27.4. The third-order valence-corrected chi connectivity index (χ3v) is 5.96. The summed E-state index contributed by atoms with van der Waals surface area (Å²) in [6.07, 6.45) is 0. The van der Waals surface area contributed by atoms with Crippen LogP contribution in [0.3, 0.4) is 0 Å². The fourth-order valence-electron chi connectivity index (χ4n) is 3.28. The van der Waals surface area contributed by atoms with Gasteiger partial charge >= 0.3 is 0 Å². The van der Waals surface area contributed by atoms with E-state index in [1.807, 2.05) is 42.5 Å². The Hall–Kier alpha value is -3.98. The Bertz CT molecular complexity index is 1320. The Kier molecular flexibility index (Phi) is 6.80. The second kappa shape index (κ2) is 10.1. The molecule has 0 aliphatic rings. The highest BCUT2D eigenvalue weighted by molar-refractivity contribution is 7.99. The molecule has 0 saturated carbocycles.